The molecule has 0 aliphatic heterocycles. The molecular formula is C30H34FN3O. The average Bonchev–Trinajstić information content (AvgIpc) is 3.16. The Bertz CT molecular complexity index is 1290. The molecule has 1 aliphatic rings. The van der Waals surface area contributed by atoms with Crippen molar-refractivity contribution in [2.24, 2.45) is 0 Å². The van der Waals surface area contributed by atoms with Crippen LogP contribution in [0.25, 0.3) is 10.8 Å². The Labute approximate surface area is 207 Å². The Hall–Kier alpha value is -3.31. The molecule has 0 saturated heterocycles. The molecule has 0 N–H and O–H groups in total. The van der Waals surface area contributed by atoms with Crippen molar-refractivity contribution < 1.29 is 4.39 Å². The van der Waals surface area contributed by atoms with Crippen molar-refractivity contribution >= 4 is 10.8 Å². The second-order valence-electron chi connectivity index (χ2n) is 9.18. The van der Waals surface area contributed by atoms with Crippen LogP contribution in [-0.4, -0.2) is 34.3 Å². The van der Waals surface area contributed by atoms with Gasteiger partial charge in [0.05, 0.1) is 17.1 Å². The summed E-state index contributed by atoms with van der Waals surface area (Å²) in [5.74, 6) is -0.256. The van der Waals surface area contributed by atoms with Crippen LogP contribution in [0.15, 0.2) is 89.3 Å². The minimum atomic E-state index is -0.256. The summed E-state index contributed by atoms with van der Waals surface area (Å²) in [7, 11) is 0. The van der Waals surface area contributed by atoms with Crippen LogP contribution in [0.3, 0.4) is 0 Å². The van der Waals surface area contributed by atoms with Crippen molar-refractivity contribution in [1.29, 1.82) is 0 Å². The van der Waals surface area contributed by atoms with E-state index >= 15 is 0 Å². The summed E-state index contributed by atoms with van der Waals surface area (Å²) in [6, 6.07) is 14.1. The summed E-state index contributed by atoms with van der Waals surface area (Å²) in [6.45, 7) is 7.11. The molecule has 0 radical (unpaired) electrons. The molecule has 1 aliphatic carbocycles. The van der Waals surface area contributed by atoms with Crippen LogP contribution in [0.5, 0.6) is 0 Å². The van der Waals surface area contributed by atoms with E-state index in [4.69, 9.17) is 5.10 Å². The van der Waals surface area contributed by atoms with Crippen LogP contribution in [0.4, 0.5) is 4.39 Å². The zero-order valence-corrected chi connectivity index (χ0v) is 20.7. The number of fused-ring (bicyclic) bond motifs is 1. The van der Waals surface area contributed by atoms with E-state index in [-0.39, 0.29) is 17.4 Å². The van der Waals surface area contributed by atoms with Gasteiger partial charge in [-0.15, -0.1) is 0 Å². The van der Waals surface area contributed by atoms with Crippen LogP contribution in [0, 0.1) is 5.82 Å². The van der Waals surface area contributed by atoms with Crippen LogP contribution in [-0.2, 0) is 6.42 Å². The molecule has 1 heterocycles. The van der Waals surface area contributed by atoms with Gasteiger partial charge in [-0.2, -0.15) is 5.10 Å². The highest BCUT2D eigenvalue weighted by Crippen LogP contribution is 2.20. The minimum absolute atomic E-state index is 0.0342. The molecule has 1 atom stereocenters. The van der Waals surface area contributed by atoms with Crippen molar-refractivity contribution in [3.63, 3.8) is 0 Å². The van der Waals surface area contributed by atoms with E-state index in [1.807, 2.05) is 24.3 Å². The van der Waals surface area contributed by atoms with Gasteiger partial charge in [0.1, 0.15) is 5.82 Å². The Balaban J connectivity index is 1.50. The molecule has 0 fully saturated rings. The molecule has 2 aromatic carbocycles. The molecule has 0 spiro atoms. The van der Waals surface area contributed by atoms with Gasteiger partial charge in [0.25, 0.3) is 5.56 Å². The Morgan fingerprint density at radius 1 is 1.06 bits per heavy atom. The SMILES string of the molecule is CCN(CCC1=CC=CCC=C1)CCC(C)n1nc(Cc2ccc(F)cc2)c2ccccc2c1=O. The van der Waals surface area contributed by atoms with E-state index in [1.165, 1.54) is 17.7 Å². The van der Waals surface area contributed by atoms with Gasteiger partial charge < -0.3 is 4.90 Å². The largest absolute Gasteiger partial charge is 0.303 e. The highest BCUT2D eigenvalue weighted by atomic mass is 19.1. The van der Waals surface area contributed by atoms with Crippen molar-refractivity contribution in [3.8, 4) is 0 Å². The second kappa shape index (κ2) is 11.9. The van der Waals surface area contributed by atoms with E-state index in [0.29, 0.717) is 11.8 Å². The summed E-state index contributed by atoms with van der Waals surface area (Å²) in [6.07, 6.45) is 14.3. The Morgan fingerprint density at radius 2 is 1.83 bits per heavy atom. The Morgan fingerprint density at radius 3 is 2.60 bits per heavy atom. The standard InChI is InChI=1S/C30H34FN3O/c1-3-33(21-19-24-10-6-4-5-7-11-24)20-18-23(2)34-30(35)28-13-9-8-12-27(28)29(32-34)22-25-14-16-26(31)17-15-25/h4,6-17,23H,3,5,18-22H2,1-2H3. The molecule has 182 valence electrons. The number of benzene rings is 2. The quantitative estimate of drug-likeness (QED) is 0.352. The minimum Gasteiger partial charge on any atom is -0.303 e. The first-order valence-corrected chi connectivity index (χ1v) is 12.5. The van der Waals surface area contributed by atoms with E-state index in [2.05, 4.69) is 49.1 Å². The molecule has 4 nitrogen and oxygen atoms in total. The van der Waals surface area contributed by atoms with Gasteiger partial charge in [-0.05, 0) is 62.1 Å². The summed E-state index contributed by atoms with van der Waals surface area (Å²) >= 11 is 0. The summed E-state index contributed by atoms with van der Waals surface area (Å²) < 4.78 is 15.0. The van der Waals surface area contributed by atoms with Crippen LogP contribution >= 0.6 is 0 Å². The van der Waals surface area contributed by atoms with Gasteiger partial charge >= 0.3 is 0 Å². The molecule has 0 saturated carbocycles. The second-order valence-corrected chi connectivity index (χ2v) is 9.18. The molecule has 1 aromatic heterocycles. The van der Waals surface area contributed by atoms with E-state index in [0.717, 1.165) is 55.5 Å². The zero-order chi connectivity index (χ0) is 24.6. The lowest BCUT2D eigenvalue weighted by molar-refractivity contribution is 0.263. The van der Waals surface area contributed by atoms with Gasteiger partial charge in [-0.1, -0.05) is 67.6 Å². The zero-order valence-electron chi connectivity index (χ0n) is 20.7. The number of hydrogen-bond donors (Lipinski definition) is 0. The maximum Gasteiger partial charge on any atom is 0.274 e. The first kappa shape index (κ1) is 24.8. The number of aromatic nitrogens is 2. The highest BCUT2D eigenvalue weighted by Gasteiger charge is 2.16. The third-order valence-corrected chi connectivity index (χ3v) is 6.68. The van der Waals surface area contributed by atoms with Gasteiger partial charge in [0, 0.05) is 24.9 Å². The summed E-state index contributed by atoms with van der Waals surface area (Å²) in [5.41, 5.74) is 3.10. The fourth-order valence-corrected chi connectivity index (χ4v) is 4.50. The van der Waals surface area contributed by atoms with Crippen molar-refractivity contribution in [1.82, 2.24) is 14.7 Å². The third-order valence-electron chi connectivity index (χ3n) is 6.68. The van der Waals surface area contributed by atoms with Crippen LogP contribution in [0.2, 0.25) is 0 Å². The van der Waals surface area contributed by atoms with E-state index in [1.54, 1.807) is 16.8 Å². The van der Waals surface area contributed by atoms with Crippen molar-refractivity contribution in [3.05, 3.63) is 112 Å². The lowest BCUT2D eigenvalue weighted by Gasteiger charge is -2.23. The van der Waals surface area contributed by atoms with E-state index in [9.17, 15) is 9.18 Å². The van der Waals surface area contributed by atoms with Gasteiger partial charge in [0.15, 0.2) is 0 Å². The monoisotopic (exact) mass is 471 g/mol. The fraction of sp³-hybridized carbons (Fsp3) is 0.333. The first-order chi connectivity index (χ1) is 17.0. The van der Waals surface area contributed by atoms with Gasteiger partial charge in [-0.25, -0.2) is 9.07 Å². The molecule has 0 amide bonds. The molecule has 5 heteroatoms. The molecule has 3 aromatic rings. The van der Waals surface area contributed by atoms with Crippen LogP contribution in [0.1, 0.15) is 50.4 Å². The smallest absolute Gasteiger partial charge is 0.274 e. The van der Waals surface area contributed by atoms with E-state index < -0.39 is 0 Å². The number of halogens is 1. The summed E-state index contributed by atoms with van der Waals surface area (Å²) in [5, 5.41) is 6.36. The lowest BCUT2D eigenvalue weighted by atomic mass is 10.0. The predicted molar refractivity (Wildman–Crippen MR) is 142 cm³/mol. The lowest BCUT2D eigenvalue weighted by Crippen LogP contribution is -2.32. The molecular weight excluding hydrogens is 437 g/mol. The maximum atomic E-state index is 13.4. The normalized spacial score (nSPS) is 14.3. The van der Waals surface area contributed by atoms with Crippen molar-refractivity contribution in [2.75, 3.05) is 19.6 Å². The number of allylic oxidation sites excluding steroid dienone is 5. The molecule has 35 heavy (non-hydrogen) atoms. The molecule has 4 rings (SSSR count). The number of nitrogens with zero attached hydrogens (tertiary/aromatic N) is 3. The molecule has 1 unspecified atom stereocenters. The third kappa shape index (κ3) is 6.43. The molecule has 0 bridgehead atoms. The first-order valence-electron chi connectivity index (χ1n) is 12.5. The van der Waals surface area contributed by atoms with Crippen LogP contribution < -0.4 is 5.56 Å². The highest BCUT2D eigenvalue weighted by molar-refractivity contribution is 5.83. The van der Waals surface area contributed by atoms with Gasteiger partial charge in [0.2, 0.25) is 0 Å². The fourth-order valence-electron chi connectivity index (χ4n) is 4.50. The van der Waals surface area contributed by atoms with Crippen molar-refractivity contribution in [2.45, 2.75) is 45.6 Å². The summed E-state index contributed by atoms with van der Waals surface area (Å²) in [4.78, 5) is 15.7. The predicted octanol–water partition coefficient (Wildman–Crippen LogP) is 6.23. The maximum absolute atomic E-state index is 13.4. The average molecular weight is 472 g/mol. The number of rotatable bonds is 10. The number of hydrogen-bond acceptors (Lipinski definition) is 3. The topological polar surface area (TPSA) is 38.1 Å². The Kier molecular flexibility index (Phi) is 8.43. The van der Waals surface area contributed by atoms with Gasteiger partial charge in [-0.3, -0.25) is 4.79 Å².